The molecule has 4 rings (SSSR count). The van der Waals surface area contributed by atoms with E-state index in [4.69, 9.17) is 0 Å². The van der Waals surface area contributed by atoms with Crippen LogP contribution in [-0.4, -0.2) is 48.1 Å². The normalized spacial score (nSPS) is 15.7. The maximum absolute atomic E-state index is 13.3. The van der Waals surface area contributed by atoms with Crippen LogP contribution >= 0.6 is 0 Å². The topological polar surface area (TPSA) is 47.2 Å². The van der Waals surface area contributed by atoms with Gasteiger partial charge in [0.2, 0.25) is 5.95 Å². The summed E-state index contributed by atoms with van der Waals surface area (Å²) in [6.07, 6.45) is 0. The standard InChI is InChI=1S/C18H19F2N5/c1-24-4-6-25(7-5-24)15-2-3-16-17(11-15)23-18(22-16)21-14-9-12(19)8-13(20)10-14/h2-3,8-11H,4-7H2,1H3,(H2,21,22,23). The van der Waals surface area contributed by atoms with E-state index in [-0.39, 0.29) is 0 Å². The molecule has 130 valence electrons. The van der Waals surface area contributed by atoms with E-state index in [1.54, 1.807) is 0 Å². The van der Waals surface area contributed by atoms with E-state index in [1.807, 2.05) is 6.07 Å². The molecule has 1 aliphatic rings. The molecule has 0 radical (unpaired) electrons. The second-order valence-corrected chi connectivity index (χ2v) is 6.36. The van der Waals surface area contributed by atoms with Crippen LogP contribution in [0.3, 0.4) is 0 Å². The summed E-state index contributed by atoms with van der Waals surface area (Å²) in [4.78, 5) is 12.2. The van der Waals surface area contributed by atoms with Crippen LogP contribution in [0.5, 0.6) is 0 Å². The van der Waals surface area contributed by atoms with Crippen molar-refractivity contribution in [1.29, 1.82) is 0 Å². The van der Waals surface area contributed by atoms with Crippen LogP contribution in [0.1, 0.15) is 0 Å². The summed E-state index contributed by atoms with van der Waals surface area (Å²) in [5, 5.41) is 2.91. The van der Waals surface area contributed by atoms with Crippen LogP contribution in [-0.2, 0) is 0 Å². The van der Waals surface area contributed by atoms with Gasteiger partial charge < -0.3 is 20.1 Å². The Morgan fingerprint density at radius 3 is 2.44 bits per heavy atom. The predicted octanol–water partition coefficient (Wildman–Crippen LogP) is 3.34. The van der Waals surface area contributed by atoms with Crippen molar-refractivity contribution >= 4 is 28.4 Å². The Morgan fingerprint density at radius 2 is 1.72 bits per heavy atom. The zero-order valence-corrected chi connectivity index (χ0v) is 13.9. The lowest BCUT2D eigenvalue weighted by molar-refractivity contribution is 0.313. The van der Waals surface area contributed by atoms with Crippen molar-refractivity contribution in [3.8, 4) is 0 Å². The number of hydrogen-bond acceptors (Lipinski definition) is 4. The van der Waals surface area contributed by atoms with Gasteiger partial charge in [0.15, 0.2) is 0 Å². The highest BCUT2D eigenvalue weighted by Crippen LogP contribution is 2.24. The Bertz CT molecular complexity index is 879. The van der Waals surface area contributed by atoms with Gasteiger partial charge in [0.25, 0.3) is 0 Å². The number of H-pyrrole nitrogens is 1. The van der Waals surface area contributed by atoms with Gasteiger partial charge in [0.1, 0.15) is 11.6 Å². The number of imidazole rings is 1. The average Bonchev–Trinajstić information content (AvgIpc) is 2.95. The van der Waals surface area contributed by atoms with Gasteiger partial charge in [-0.05, 0) is 37.4 Å². The summed E-state index contributed by atoms with van der Waals surface area (Å²) in [7, 11) is 2.13. The molecule has 2 aromatic carbocycles. The lowest BCUT2D eigenvalue weighted by atomic mass is 10.2. The Morgan fingerprint density at radius 1 is 1.00 bits per heavy atom. The van der Waals surface area contributed by atoms with Crippen LogP contribution in [0.4, 0.5) is 26.1 Å². The minimum Gasteiger partial charge on any atom is -0.369 e. The predicted molar refractivity (Wildman–Crippen MR) is 95.4 cm³/mol. The van der Waals surface area contributed by atoms with E-state index < -0.39 is 11.6 Å². The molecule has 0 aliphatic carbocycles. The smallest absolute Gasteiger partial charge is 0.205 e. The van der Waals surface area contributed by atoms with Crippen LogP contribution in [0.15, 0.2) is 36.4 Å². The van der Waals surface area contributed by atoms with Crippen molar-refractivity contribution in [3.63, 3.8) is 0 Å². The second kappa shape index (κ2) is 6.33. The van der Waals surface area contributed by atoms with Crippen LogP contribution < -0.4 is 10.2 Å². The molecule has 3 aromatic rings. The van der Waals surface area contributed by atoms with E-state index in [0.717, 1.165) is 49.0 Å². The van der Waals surface area contributed by atoms with Crippen molar-refractivity contribution in [2.24, 2.45) is 0 Å². The number of likely N-dealkylation sites (N-methyl/N-ethyl adjacent to an activating group) is 1. The van der Waals surface area contributed by atoms with Crippen molar-refractivity contribution in [2.45, 2.75) is 0 Å². The monoisotopic (exact) mass is 343 g/mol. The first-order chi connectivity index (χ1) is 12.1. The fraction of sp³-hybridized carbons (Fsp3) is 0.278. The van der Waals surface area contributed by atoms with Gasteiger partial charge in [-0.15, -0.1) is 0 Å². The fourth-order valence-electron chi connectivity index (χ4n) is 3.08. The lowest BCUT2D eigenvalue weighted by Crippen LogP contribution is -2.44. The molecule has 5 nitrogen and oxygen atoms in total. The zero-order valence-electron chi connectivity index (χ0n) is 13.9. The number of halogens is 2. The molecule has 0 amide bonds. The summed E-state index contributed by atoms with van der Waals surface area (Å²) < 4.78 is 26.6. The Labute approximate surface area is 144 Å². The van der Waals surface area contributed by atoms with Gasteiger partial charge in [0, 0.05) is 43.6 Å². The molecule has 1 aromatic heterocycles. The third-order valence-corrected chi connectivity index (χ3v) is 4.46. The summed E-state index contributed by atoms with van der Waals surface area (Å²) in [5.41, 5.74) is 3.15. The fourth-order valence-corrected chi connectivity index (χ4v) is 3.08. The van der Waals surface area contributed by atoms with E-state index in [9.17, 15) is 8.78 Å². The molecule has 0 bridgehead atoms. The van der Waals surface area contributed by atoms with Crippen molar-refractivity contribution in [2.75, 3.05) is 43.4 Å². The van der Waals surface area contributed by atoms with Gasteiger partial charge in [-0.25, -0.2) is 13.8 Å². The molecule has 25 heavy (non-hydrogen) atoms. The highest BCUT2D eigenvalue weighted by Gasteiger charge is 2.15. The van der Waals surface area contributed by atoms with Crippen LogP contribution in [0.2, 0.25) is 0 Å². The minimum absolute atomic E-state index is 0.316. The Balaban J connectivity index is 1.57. The Kier molecular flexibility index (Phi) is 4.01. The van der Waals surface area contributed by atoms with Crippen LogP contribution in [0.25, 0.3) is 11.0 Å². The van der Waals surface area contributed by atoms with Gasteiger partial charge >= 0.3 is 0 Å². The number of hydrogen-bond donors (Lipinski definition) is 2. The van der Waals surface area contributed by atoms with Crippen LogP contribution in [0, 0.1) is 11.6 Å². The lowest BCUT2D eigenvalue weighted by Gasteiger charge is -2.34. The van der Waals surface area contributed by atoms with Crippen molar-refractivity contribution in [1.82, 2.24) is 14.9 Å². The average molecular weight is 343 g/mol. The molecular weight excluding hydrogens is 324 g/mol. The summed E-state index contributed by atoms with van der Waals surface area (Å²) in [6, 6.07) is 9.37. The molecular formula is C18H19F2N5. The number of fused-ring (bicyclic) bond motifs is 1. The maximum Gasteiger partial charge on any atom is 0.205 e. The minimum atomic E-state index is -0.629. The highest BCUT2D eigenvalue weighted by atomic mass is 19.1. The number of rotatable bonds is 3. The number of nitrogens with zero attached hydrogens (tertiary/aromatic N) is 3. The molecule has 0 unspecified atom stereocenters. The summed E-state index contributed by atoms with van der Waals surface area (Å²) in [5.74, 6) is -0.803. The molecule has 0 atom stereocenters. The molecule has 0 spiro atoms. The first-order valence-electron chi connectivity index (χ1n) is 8.23. The largest absolute Gasteiger partial charge is 0.369 e. The number of benzene rings is 2. The third kappa shape index (κ3) is 3.41. The highest BCUT2D eigenvalue weighted by molar-refractivity contribution is 5.82. The van der Waals surface area contributed by atoms with Gasteiger partial charge in [0.05, 0.1) is 11.0 Å². The number of piperazine rings is 1. The quantitative estimate of drug-likeness (QED) is 0.766. The Hall–Kier alpha value is -2.67. The summed E-state index contributed by atoms with van der Waals surface area (Å²) in [6.45, 7) is 4.06. The van der Waals surface area contributed by atoms with E-state index >= 15 is 0 Å². The third-order valence-electron chi connectivity index (χ3n) is 4.46. The molecule has 2 heterocycles. The SMILES string of the molecule is CN1CCN(c2ccc3nc(Nc4cc(F)cc(F)c4)[nH]c3c2)CC1. The van der Waals surface area contributed by atoms with E-state index in [0.29, 0.717) is 11.6 Å². The van der Waals surface area contributed by atoms with Gasteiger partial charge in [-0.1, -0.05) is 0 Å². The number of aromatic amines is 1. The van der Waals surface area contributed by atoms with Gasteiger partial charge in [-0.3, -0.25) is 0 Å². The number of nitrogens with one attached hydrogen (secondary N) is 2. The molecule has 1 fully saturated rings. The molecule has 2 N–H and O–H groups in total. The van der Waals surface area contributed by atoms with Gasteiger partial charge in [-0.2, -0.15) is 0 Å². The molecule has 1 aliphatic heterocycles. The first-order valence-corrected chi connectivity index (χ1v) is 8.23. The first kappa shape index (κ1) is 15.8. The molecule has 1 saturated heterocycles. The molecule has 7 heteroatoms. The second-order valence-electron chi connectivity index (χ2n) is 6.36. The van der Waals surface area contributed by atoms with E-state index in [1.165, 1.54) is 12.1 Å². The molecule has 0 saturated carbocycles. The number of aromatic nitrogens is 2. The zero-order chi connectivity index (χ0) is 17.4. The van der Waals surface area contributed by atoms with E-state index in [2.05, 4.69) is 44.3 Å². The van der Waals surface area contributed by atoms with Crippen molar-refractivity contribution < 1.29 is 8.78 Å². The number of anilines is 3. The summed E-state index contributed by atoms with van der Waals surface area (Å²) >= 11 is 0. The van der Waals surface area contributed by atoms with Crippen molar-refractivity contribution in [3.05, 3.63) is 48.0 Å². The maximum atomic E-state index is 13.3.